The van der Waals surface area contributed by atoms with Gasteiger partial charge in [-0.2, -0.15) is 0 Å². The minimum absolute atomic E-state index is 0.228. The lowest BCUT2D eigenvalue weighted by Crippen LogP contribution is -2.35. The van der Waals surface area contributed by atoms with Crippen molar-refractivity contribution in [2.75, 3.05) is 6.54 Å². The molecule has 4 N–H and O–H groups in total. The van der Waals surface area contributed by atoms with Crippen LogP contribution in [0.1, 0.15) is 40.5 Å². The summed E-state index contributed by atoms with van der Waals surface area (Å²) in [6.07, 6.45) is 0.00838. The van der Waals surface area contributed by atoms with Crippen LogP contribution in [0.2, 0.25) is 0 Å². The zero-order valence-corrected chi connectivity index (χ0v) is 11.5. The minimum Gasteiger partial charge on any atom is -0.366 e. The molecule has 0 radical (unpaired) electrons. The van der Waals surface area contributed by atoms with E-state index in [0.717, 1.165) is 0 Å². The van der Waals surface area contributed by atoms with Gasteiger partial charge in [-0.15, -0.1) is 0 Å². The van der Waals surface area contributed by atoms with Crippen molar-refractivity contribution in [1.82, 2.24) is 0 Å². The van der Waals surface area contributed by atoms with Crippen LogP contribution >= 0.6 is 0 Å². The highest BCUT2D eigenvalue weighted by atomic mass is 16.8. The van der Waals surface area contributed by atoms with Crippen LogP contribution in [-0.2, 0) is 14.2 Å². The number of aliphatic hydroxyl groups is 2. The van der Waals surface area contributed by atoms with Crippen LogP contribution < -0.4 is 5.73 Å². The molecule has 0 amide bonds. The van der Waals surface area contributed by atoms with E-state index in [1.165, 1.54) is 0 Å². The molecule has 0 aromatic heterocycles. The fraction of sp³-hybridized carbons (Fsp3) is 1.00. The Balaban J connectivity index is 2.59. The molecule has 1 aliphatic rings. The van der Waals surface area contributed by atoms with Crippen LogP contribution in [-0.4, -0.2) is 46.8 Å². The van der Waals surface area contributed by atoms with E-state index in [1.807, 2.05) is 0 Å². The smallest absolute Gasteiger partial charge is 0.164 e. The zero-order chi connectivity index (χ0) is 14.0. The fourth-order valence-electron chi connectivity index (χ4n) is 1.99. The maximum atomic E-state index is 9.68. The van der Waals surface area contributed by atoms with E-state index in [-0.39, 0.29) is 12.2 Å². The van der Waals surface area contributed by atoms with Crippen molar-refractivity contribution in [3.8, 4) is 0 Å². The van der Waals surface area contributed by atoms with Gasteiger partial charge in [-0.05, 0) is 40.7 Å². The molecule has 1 heterocycles. The largest absolute Gasteiger partial charge is 0.366 e. The molecule has 1 rings (SSSR count). The Hall–Kier alpha value is -0.240. The Bertz CT molecular complexity index is 258. The van der Waals surface area contributed by atoms with E-state index in [2.05, 4.69) is 0 Å². The lowest BCUT2D eigenvalue weighted by molar-refractivity contribution is -0.269. The molecule has 0 aromatic carbocycles. The third-order valence-electron chi connectivity index (χ3n) is 2.48. The molecule has 0 saturated carbocycles. The summed E-state index contributed by atoms with van der Waals surface area (Å²) in [5, 5.41) is 19.3. The molecule has 2 unspecified atom stereocenters. The van der Waals surface area contributed by atoms with E-state index < -0.39 is 17.9 Å². The van der Waals surface area contributed by atoms with Crippen molar-refractivity contribution in [2.24, 2.45) is 5.73 Å². The number of ether oxygens (including phenoxy) is 3. The molecule has 0 spiro atoms. The number of nitrogens with two attached hydrogens (primary N) is 1. The topological polar surface area (TPSA) is 94.2 Å². The average molecular weight is 263 g/mol. The maximum Gasteiger partial charge on any atom is 0.164 e. The van der Waals surface area contributed by atoms with Crippen molar-refractivity contribution >= 4 is 0 Å². The van der Waals surface area contributed by atoms with Gasteiger partial charge in [0.25, 0.3) is 0 Å². The third-order valence-corrected chi connectivity index (χ3v) is 2.48. The van der Waals surface area contributed by atoms with Crippen LogP contribution in [0.5, 0.6) is 0 Å². The molecule has 0 aliphatic carbocycles. The second kappa shape index (κ2) is 5.81. The minimum atomic E-state index is -1.26. The Kier molecular flexibility index (Phi) is 5.11. The Morgan fingerprint density at radius 2 is 1.72 bits per heavy atom. The van der Waals surface area contributed by atoms with Crippen molar-refractivity contribution in [3.05, 3.63) is 0 Å². The van der Waals surface area contributed by atoms with Gasteiger partial charge in [0.15, 0.2) is 17.9 Å². The predicted octanol–water partition coefficient (Wildman–Crippen LogP) is 0.309. The SMILES string of the molecule is CC(C)(O)OC1C[C@@H](OC(C)(C)O)OC1CCN. The van der Waals surface area contributed by atoms with Crippen LogP contribution in [0.4, 0.5) is 0 Å². The van der Waals surface area contributed by atoms with Crippen molar-refractivity contribution in [2.45, 2.75) is 70.6 Å². The van der Waals surface area contributed by atoms with Gasteiger partial charge in [-0.3, -0.25) is 0 Å². The van der Waals surface area contributed by atoms with Crippen molar-refractivity contribution in [1.29, 1.82) is 0 Å². The predicted molar refractivity (Wildman–Crippen MR) is 65.5 cm³/mol. The molecule has 1 fully saturated rings. The van der Waals surface area contributed by atoms with E-state index in [9.17, 15) is 10.2 Å². The monoisotopic (exact) mass is 263 g/mol. The summed E-state index contributed by atoms with van der Waals surface area (Å²) in [7, 11) is 0. The van der Waals surface area contributed by atoms with E-state index in [0.29, 0.717) is 19.4 Å². The second-order valence-electron chi connectivity index (χ2n) is 5.58. The first-order chi connectivity index (χ1) is 8.11. The third kappa shape index (κ3) is 5.60. The summed E-state index contributed by atoms with van der Waals surface area (Å²) in [6.45, 7) is 6.68. The van der Waals surface area contributed by atoms with Crippen LogP contribution in [0.3, 0.4) is 0 Å². The molecule has 1 aliphatic heterocycles. The number of hydrogen-bond donors (Lipinski definition) is 3. The van der Waals surface area contributed by atoms with Crippen molar-refractivity contribution in [3.63, 3.8) is 0 Å². The fourth-order valence-corrected chi connectivity index (χ4v) is 1.99. The molecule has 0 aromatic rings. The molecule has 0 bridgehead atoms. The molecule has 6 nitrogen and oxygen atoms in total. The van der Waals surface area contributed by atoms with Gasteiger partial charge in [0.1, 0.15) is 0 Å². The van der Waals surface area contributed by atoms with Gasteiger partial charge >= 0.3 is 0 Å². The highest BCUT2D eigenvalue weighted by Gasteiger charge is 2.40. The molecule has 108 valence electrons. The van der Waals surface area contributed by atoms with Gasteiger partial charge in [-0.25, -0.2) is 0 Å². The van der Waals surface area contributed by atoms with E-state index in [1.54, 1.807) is 27.7 Å². The van der Waals surface area contributed by atoms with E-state index in [4.69, 9.17) is 19.9 Å². The Morgan fingerprint density at radius 3 is 2.17 bits per heavy atom. The Labute approximate surface area is 108 Å². The highest BCUT2D eigenvalue weighted by molar-refractivity contribution is 4.82. The summed E-state index contributed by atoms with van der Waals surface area (Å²) in [5.74, 6) is -2.49. The van der Waals surface area contributed by atoms with Gasteiger partial charge in [0, 0.05) is 6.42 Å². The number of rotatable bonds is 6. The molecular weight excluding hydrogens is 238 g/mol. The first kappa shape index (κ1) is 15.8. The number of hydrogen-bond acceptors (Lipinski definition) is 6. The van der Waals surface area contributed by atoms with Gasteiger partial charge < -0.3 is 30.2 Å². The summed E-state index contributed by atoms with van der Waals surface area (Å²) in [5.41, 5.74) is 5.52. The van der Waals surface area contributed by atoms with Crippen LogP contribution in [0.25, 0.3) is 0 Å². The summed E-state index contributed by atoms with van der Waals surface area (Å²) in [4.78, 5) is 0. The molecule has 1 saturated heterocycles. The summed E-state index contributed by atoms with van der Waals surface area (Å²) >= 11 is 0. The lowest BCUT2D eigenvalue weighted by Gasteiger charge is -2.26. The summed E-state index contributed by atoms with van der Waals surface area (Å²) in [6, 6.07) is 0. The molecular formula is C12H25NO5. The van der Waals surface area contributed by atoms with Crippen LogP contribution in [0, 0.1) is 0 Å². The average Bonchev–Trinajstić information content (AvgIpc) is 2.42. The van der Waals surface area contributed by atoms with Crippen LogP contribution in [0.15, 0.2) is 0 Å². The maximum absolute atomic E-state index is 9.68. The standard InChI is InChI=1S/C12H25NO5/c1-11(2,14)17-9-7-10(18-12(3,4)15)16-8(9)5-6-13/h8-10,14-15H,5-7,13H2,1-4H3/t8?,9?,10-/m1/s1. The quantitative estimate of drug-likeness (QED) is 0.597. The van der Waals surface area contributed by atoms with E-state index >= 15 is 0 Å². The molecule has 18 heavy (non-hydrogen) atoms. The molecule has 3 atom stereocenters. The first-order valence-electron chi connectivity index (χ1n) is 6.26. The summed E-state index contributed by atoms with van der Waals surface area (Å²) < 4.78 is 16.5. The molecule has 6 heteroatoms. The first-order valence-corrected chi connectivity index (χ1v) is 6.26. The lowest BCUT2D eigenvalue weighted by atomic mass is 10.1. The normalized spacial score (nSPS) is 29.8. The van der Waals surface area contributed by atoms with Gasteiger partial charge in [0.2, 0.25) is 0 Å². The van der Waals surface area contributed by atoms with Crippen molar-refractivity contribution < 1.29 is 24.4 Å². The Morgan fingerprint density at radius 1 is 1.17 bits per heavy atom. The van der Waals surface area contributed by atoms with Gasteiger partial charge in [0.05, 0.1) is 12.2 Å². The second-order valence-corrected chi connectivity index (χ2v) is 5.58. The van der Waals surface area contributed by atoms with Gasteiger partial charge in [-0.1, -0.05) is 0 Å². The zero-order valence-electron chi connectivity index (χ0n) is 11.5. The highest BCUT2D eigenvalue weighted by Crippen LogP contribution is 2.30.